The van der Waals surface area contributed by atoms with Gasteiger partial charge < -0.3 is 9.73 Å². The molecule has 1 aromatic heterocycles. The Bertz CT molecular complexity index is 2960. The molecule has 4 heteroatoms. The van der Waals surface area contributed by atoms with Crippen molar-refractivity contribution in [1.29, 1.82) is 0 Å². The summed E-state index contributed by atoms with van der Waals surface area (Å²) in [5, 5.41) is 7.94. The van der Waals surface area contributed by atoms with E-state index in [2.05, 4.69) is 5.32 Å². The third-order valence-electron chi connectivity index (χ3n) is 8.08. The smallest absolute Gasteiger partial charge is 0.170 e. The van der Waals surface area contributed by atoms with Crippen LogP contribution in [0.1, 0.15) is 35.2 Å². The van der Waals surface area contributed by atoms with Crippen LogP contribution in [0.5, 0.6) is 0 Å². The molecule has 7 aromatic carbocycles. The molecule has 0 saturated heterocycles. The summed E-state index contributed by atoms with van der Waals surface area (Å²) in [4.78, 5) is 10.1. The summed E-state index contributed by atoms with van der Waals surface area (Å²) in [6, 6.07) is 27.7. The lowest BCUT2D eigenvalue weighted by atomic mass is 9.99. The van der Waals surface area contributed by atoms with Gasteiger partial charge >= 0.3 is 0 Å². The first kappa shape index (κ1) is 18.0. The zero-order valence-corrected chi connectivity index (χ0v) is 23.6. The van der Waals surface area contributed by atoms with Gasteiger partial charge in [-0.25, -0.2) is 9.98 Å². The van der Waals surface area contributed by atoms with Gasteiger partial charge in [0.15, 0.2) is 6.17 Å². The fourth-order valence-corrected chi connectivity index (χ4v) is 5.90. The highest BCUT2D eigenvalue weighted by Gasteiger charge is 2.24. The molecule has 0 saturated carbocycles. The van der Waals surface area contributed by atoms with E-state index >= 15 is 0 Å². The van der Waals surface area contributed by atoms with Crippen molar-refractivity contribution in [3.63, 3.8) is 0 Å². The molecule has 1 aliphatic heterocycles. The number of hydrogen-bond acceptors (Lipinski definition) is 4. The first-order valence-corrected chi connectivity index (χ1v) is 14.4. The van der Waals surface area contributed by atoms with Crippen molar-refractivity contribution in [2.75, 3.05) is 0 Å². The van der Waals surface area contributed by atoms with Crippen molar-refractivity contribution >= 4 is 55.2 Å². The van der Waals surface area contributed by atoms with E-state index < -0.39 is 24.3 Å². The maximum atomic E-state index is 9.09. The van der Waals surface area contributed by atoms with E-state index in [0.29, 0.717) is 39.1 Å². The fraction of sp³-hybridized carbons (Fsp3) is 0.0244. The molecule has 1 N–H and O–H groups in total. The molecular weight excluding hydrogens is 550 g/mol. The molecule has 0 radical (unpaired) electrons. The Hall–Kier alpha value is -6.00. The van der Waals surface area contributed by atoms with Gasteiger partial charge in [-0.15, -0.1) is 0 Å². The van der Waals surface area contributed by atoms with E-state index in [1.54, 1.807) is 18.2 Å². The second-order valence-corrected chi connectivity index (χ2v) is 10.8. The van der Waals surface area contributed by atoms with E-state index in [9.17, 15) is 0 Å². The van der Waals surface area contributed by atoms with Crippen molar-refractivity contribution in [2.45, 2.75) is 6.17 Å². The lowest BCUT2D eigenvalue weighted by molar-refractivity contribution is 0.667. The quantitative estimate of drug-likeness (QED) is 0.223. The number of benzene rings is 7. The van der Waals surface area contributed by atoms with Crippen molar-refractivity contribution in [2.24, 2.45) is 9.98 Å². The van der Waals surface area contributed by atoms with E-state index in [1.807, 2.05) is 66.7 Å². The molecule has 4 nitrogen and oxygen atoms in total. The predicted molar refractivity (Wildman–Crippen MR) is 186 cm³/mol. The topological polar surface area (TPSA) is 49.9 Å². The van der Waals surface area contributed by atoms with Crippen molar-refractivity contribution in [3.05, 3.63) is 168 Å². The van der Waals surface area contributed by atoms with Gasteiger partial charge in [0.05, 0.1) is 12.3 Å². The summed E-state index contributed by atoms with van der Waals surface area (Å²) in [6.07, 6.45) is -0.968. The minimum atomic E-state index is -0.968. The van der Waals surface area contributed by atoms with Gasteiger partial charge in [-0.2, -0.15) is 0 Å². The third-order valence-corrected chi connectivity index (χ3v) is 8.08. The number of rotatable bonds is 4. The minimum Gasteiger partial charge on any atom is -0.456 e. The number of fused-ring (bicyclic) bond motifs is 5. The molecule has 0 amide bonds. The van der Waals surface area contributed by atoms with Crippen molar-refractivity contribution < 1.29 is 16.8 Å². The van der Waals surface area contributed by atoms with Crippen LogP contribution in [0.25, 0.3) is 54.6 Å². The van der Waals surface area contributed by atoms with Crippen LogP contribution in [-0.2, 0) is 0 Å². The number of para-hydroxylation sites is 1. The minimum absolute atomic E-state index is 0.00586. The van der Waals surface area contributed by atoms with E-state index in [0.717, 1.165) is 27.1 Å². The van der Waals surface area contributed by atoms with Crippen molar-refractivity contribution in [3.8, 4) is 11.1 Å². The Balaban J connectivity index is 1.22. The Morgan fingerprint density at radius 2 is 1.18 bits per heavy atom. The second kappa shape index (κ2) is 10.3. The summed E-state index contributed by atoms with van der Waals surface area (Å²) < 4.78 is 81.7. The lowest BCUT2D eigenvalue weighted by Crippen LogP contribution is -2.36. The van der Waals surface area contributed by atoms with E-state index in [4.69, 9.17) is 26.7 Å². The second-order valence-electron chi connectivity index (χ2n) is 10.8. The van der Waals surface area contributed by atoms with Gasteiger partial charge in [-0.3, -0.25) is 0 Å². The van der Waals surface area contributed by atoms with Gasteiger partial charge in [-0.05, 0) is 63.0 Å². The highest BCUT2D eigenvalue weighted by atomic mass is 16.3. The van der Waals surface area contributed by atoms with Crippen LogP contribution in [0.3, 0.4) is 0 Å². The Morgan fingerprint density at radius 3 is 1.96 bits per heavy atom. The average molecular weight is 587 g/mol. The largest absolute Gasteiger partial charge is 0.456 e. The molecule has 1 aliphatic rings. The van der Waals surface area contributed by atoms with Gasteiger partial charge in [0.2, 0.25) is 0 Å². The maximum Gasteiger partial charge on any atom is 0.170 e. The van der Waals surface area contributed by atoms with Gasteiger partial charge in [0.1, 0.15) is 22.8 Å². The van der Waals surface area contributed by atoms with Crippen LogP contribution in [0.4, 0.5) is 0 Å². The number of nitrogens with one attached hydrogen (secondary N) is 1. The summed E-state index contributed by atoms with van der Waals surface area (Å²) in [6.45, 7) is 0. The molecule has 2 heterocycles. The van der Waals surface area contributed by atoms with Crippen LogP contribution >= 0.6 is 0 Å². The Morgan fingerprint density at radius 1 is 0.533 bits per heavy atom. The van der Waals surface area contributed by atoms with E-state index in [-0.39, 0.29) is 53.0 Å². The number of hydrogen-bond donors (Lipinski definition) is 1. The van der Waals surface area contributed by atoms with Crippen LogP contribution < -0.4 is 5.32 Å². The van der Waals surface area contributed by atoms with Crippen LogP contribution in [0.15, 0.2) is 166 Å². The maximum absolute atomic E-state index is 9.09. The molecule has 212 valence electrons. The molecule has 9 rings (SSSR count). The van der Waals surface area contributed by atoms with E-state index in [1.165, 1.54) is 12.1 Å². The Labute approximate surface area is 272 Å². The first-order valence-electron chi connectivity index (χ1n) is 18.9. The monoisotopic (exact) mass is 586 g/mol. The van der Waals surface area contributed by atoms with Crippen LogP contribution in [0, 0.1) is 0 Å². The standard InChI is InChI=1S/C41H27N3O/c1-2-9-26(10-3-1)29-18-19-31-25-33(22-20-30(31)23-29)40-42-39(32-21-17-27-11-4-5-12-28(27)24-32)43-41(44-40)35-14-8-16-37-38(35)34-13-6-7-15-36(34)45-37/h1-25,41H,(H,42,43,44)/i1D,2D,3D,6D,9D,10D,14D,15D,16D. The average Bonchev–Trinajstić information content (AvgIpc) is 3.56. The number of amidine groups is 2. The molecule has 0 fully saturated rings. The molecule has 45 heavy (non-hydrogen) atoms. The molecule has 0 aliphatic carbocycles. The van der Waals surface area contributed by atoms with Gasteiger partial charge in [-0.1, -0.05) is 121 Å². The third kappa shape index (κ3) is 4.47. The summed E-state index contributed by atoms with van der Waals surface area (Å²) in [5.41, 5.74) is 2.90. The number of nitrogens with zero attached hydrogens (tertiary/aromatic N) is 2. The molecule has 1 unspecified atom stereocenters. The van der Waals surface area contributed by atoms with Crippen LogP contribution in [0.2, 0.25) is 0 Å². The van der Waals surface area contributed by atoms with Crippen molar-refractivity contribution in [1.82, 2.24) is 5.32 Å². The molecule has 1 atom stereocenters. The number of aliphatic imine (C=N–C) groups is 2. The SMILES string of the molecule is [2H]c1cc([2H])c2oc3c([2H])cc([2H])c(C4N=C(c5ccc6ccccc6c5)NC(c5ccc6cc(-c7c([2H])c([2H])c([2H])c([2H])c7[2H])ccc6c5)=N4)c3c2c1. The normalized spacial score (nSPS) is 17.7. The highest BCUT2D eigenvalue weighted by molar-refractivity contribution is 6.17. The Kier molecular flexibility index (Phi) is 4.12. The zero-order valence-electron chi connectivity index (χ0n) is 32.6. The summed E-state index contributed by atoms with van der Waals surface area (Å²) in [7, 11) is 0. The van der Waals surface area contributed by atoms with Gasteiger partial charge in [0, 0.05) is 27.5 Å². The first-order chi connectivity index (χ1) is 26.0. The summed E-state index contributed by atoms with van der Waals surface area (Å²) in [5.74, 6) is 0.970. The molecule has 0 spiro atoms. The lowest BCUT2D eigenvalue weighted by Gasteiger charge is -2.23. The predicted octanol–water partition coefficient (Wildman–Crippen LogP) is 10.1. The fourth-order valence-electron chi connectivity index (χ4n) is 5.90. The molecular formula is C41H27N3O. The zero-order chi connectivity index (χ0) is 37.6. The molecule has 0 bridgehead atoms. The van der Waals surface area contributed by atoms with Crippen LogP contribution in [-0.4, -0.2) is 11.7 Å². The number of furan rings is 1. The highest BCUT2D eigenvalue weighted by Crippen LogP contribution is 2.37. The summed E-state index contributed by atoms with van der Waals surface area (Å²) >= 11 is 0. The molecule has 8 aromatic rings. The van der Waals surface area contributed by atoms with Gasteiger partial charge in [0.25, 0.3) is 0 Å².